The predicted octanol–water partition coefficient (Wildman–Crippen LogP) is 5.82. The molecule has 2 unspecified atom stereocenters. The van der Waals surface area contributed by atoms with E-state index in [0.717, 1.165) is 48.8 Å². The van der Waals surface area contributed by atoms with Crippen molar-refractivity contribution in [2.24, 2.45) is 0 Å². The number of carbonyl (C=O) groups excluding carboxylic acids is 1. The van der Waals surface area contributed by atoms with E-state index in [1.54, 1.807) is 0 Å². The molecule has 0 bridgehead atoms. The first kappa shape index (κ1) is 21.0. The molecule has 0 N–H and O–H groups in total. The summed E-state index contributed by atoms with van der Waals surface area (Å²) >= 11 is 0. The van der Waals surface area contributed by atoms with Gasteiger partial charge in [0, 0.05) is 19.1 Å². The Labute approximate surface area is 188 Å². The molecule has 0 saturated carbocycles. The second-order valence-electron chi connectivity index (χ2n) is 9.00. The van der Waals surface area contributed by atoms with Crippen molar-refractivity contribution >= 4 is 16.9 Å². The largest absolute Gasteiger partial charge is 0.415 e. The number of piperidine rings is 1. The molecule has 4 nitrogen and oxygen atoms in total. The molecule has 0 spiro atoms. The maximum atomic E-state index is 13.4. The molecule has 5 heteroatoms. The molecule has 2 aliphatic rings. The van der Waals surface area contributed by atoms with Gasteiger partial charge in [0.25, 0.3) is 0 Å². The van der Waals surface area contributed by atoms with E-state index in [4.69, 9.17) is 4.74 Å². The third kappa shape index (κ3) is 4.63. The smallest absolute Gasteiger partial charge is 0.410 e. The summed E-state index contributed by atoms with van der Waals surface area (Å²) in [6.45, 7) is 3.69. The van der Waals surface area contributed by atoms with Crippen molar-refractivity contribution in [1.82, 2.24) is 9.80 Å². The van der Waals surface area contributed by atoms with Gasteiger partial charge in [0.1, 0.15) is 11.6 Å². The molecule has 2 heterocycles. The summed E-state index contributed by atoms with van der Waals surface area (Å²) in [6.07, 6.45) is 3.89. The summed E-state index contributed by atoms with van der Waals surface area (Å²) < 4.78 is 19.2. The summed E-state index contributed by atoms with van der Waals surface area (Å²) in [7, 11) is 0. The molecule has 3 aromatic rings. The fraction of sp³-hybridized carbons (Fsp3) is 0.370. The summed E-state index contributed by atoms with van der Waals surface area (Å²) in [4.78, 5) is 17.6. The van der Waals surface area contributed by atoms with E-state index < -0.39 is 0 Å². The van der Waals surface area contributed by atoms with E-state index in [1.807, 2.05) is 59.5 Å². The average molecular weight is 433 g/mol. The minimum atomic E-state index is -0.276. The van der Waals surface area contributed by atoms with Crippen molar-refractivity contribution in [3.8, 4) is 5.75 Å². The summed E-state index contributed by atoms with van der Waals surface area (Å²) in [5.74, 6) is 0.695. The minimum Gasteiger partial charge on any atom is -0.410 e. The molecule has 0 aliphatic carbocycles. The number of amides is 1. The predicted molar refractivity (Wildman–Crippen MR) is 125 cm³/mol. The van der Waals surface area contributed by atoms with Gasteiger partial charge >= 0.3 is 6.09 Å². The number of ether oxygens (including phenoxy) is 1. The maximum Gasteiger partial charge on any atom is 0.415 e. The van der Waals surface area contributed by atoms with Crippen LogP contribution in [0, 0.1) is 5.82 Å². The highest BCUT2D eigenvalue weighted by Gasteiger charge is 2.35. The highest BCUT2D eigenvalue weighted by Crippen LogP contribution is 2.33. The lowest BCUT2D eigenvalue weighted by molar-refractivity contribution is 0.0903. The summed E-state index contributed by atoms with van der Waals surface area (Å²) in [5, 5.41) is 2.18. The van der Waals surface area contributed by atoms with Gasteiger partial charge in [-0.1, -0.05) is 42.5 Å². The van der Waals surface area contributed by atoms with Gasteiger partial charge in [-0.2, -0.15) is 0 Å². The zero-order chi connectivity index (χ0) is 21.9. The van der Waals surface area contributed by atoms with Crippen LogP contribution in [0.4, 0.5) is 9.18 Å². The normalized spacial score (nSPS) is 21.7. The van der Waals surface area contributed by atoms with Crippen LogP contribution in [0.5, 0.6) is 5.75 Å². The molecular formula is C27H29FN2O2. The van der Waals surface area contributed by atoms with Crippen LogP contribution in [-0.2, 0) is 0 Å². The van der Waals surface area contributed by atoms with Crippen molar-refractivity contribution in [3.63, 3.8) is 0 Å². The van der Waals surface area contributed by atoms with Crippen LogP contribution < -0.4 is 4.74 Å². The standard InChI is InChI=1S/C27H29FN2O2/c28-24-10-7-21(8-11-24)23-13-16-30(25(17-23)19-29-14-3-4-15-29)27(31)32-26-12-9-20-5-1-2-6-22(20)18-26/h1-2,5-12,18,23,25H,3-4,13-17,19H2. The van der Waals surface area contributed by atoms with Crippen LogP contribution in [0.15, 0.2) is 66.7 Å². The molecule has 5 rings (SSSR count). The third-order valence-corrected chi connectivity index (χ3v) is 6.89. The number of fused-ring (bicyclic) bond motifs is 1. The molecule has 0 radical (unpaired) electrons. The lowest BCUT2D eigenvalue weighted by Gasteiger charge is -2.40. The number of halogens is 1. The highest BCUT2D eigenvalue weighted by atomic mass is 19.1. The molecule has 3 aromatic carbocycles. The van der Waals surface area contributed by atoms with E-state index in [1.165, 1.54) is 25.0 Å². The Morgan fingerprint density at radius 2 is 1.69 bits per heavy atom. The van der Waals surface area contributed by atoms with Crippen molar-refractivity contribution in [1.29, 1.82) is 0 Å². The zero-order valence-corrected chi connectivity index (χ0v) is 18.3. The molecule has 2 aliphatic heterocycles. The fourth-order valence-electron chi connectivity index (χ4n) is 5.16. The number of nitrogens with zero attached hydrogens (tertiary/aromatic N) is 2. The lowest BCUT2D eigenvalue weighted by atomic mass is 9.85. The number of rotatable bonds is 4. The Morgan fingerprint density at radius 1 is 0.938 bits per heavy atom. The highest BCUT2D eigenvalue weighted by molar-refractivity contribution is 5.84. The number of likely N-dealkylation sites (tertiary alicyclic amines) is 2. The summed E-state index contributed by atoms with van der Waals surface area (Å²) in [5.41, 5.74) is 1.15. The van der Waals surface area contributed by atoms with Gasteiger partial charge in [-0.25, -0.2) is 9.18 Å². The van der Waals surface area contributed by atoms with Crippen LogP contribution in [0.1, 0.15) is 37.2 Å². The fourth-order valence-corrected chi connectivity index (χ4v) is 5.16. The molecule has 0 aromatic heterocycles. The molecule has 2 saturated heterocycles. The van der Waals surface area contributed by atoms with Crippen molar-refractivity contribution in [2.75, 3.05) is 26.2 Å². The Kier molecular flexibility index (Phi) is 6.08. The van der Waals surface area contributed by atoms with Crippen LogP contribution in [-0.4, -0.2) is 48.1 Å². The Morgan fingerprint density at radius 3 is 2.47 bits per heavy atom. The zero-order valence-electron chi connectivity index (χ0n) is 18.3. The van der Waals surface area contributed by atoms with Crippen LogP contribution >= 0.6 is 0 Å². The Hall–Kier alpha value is -2.92. The first-order valence-corrected chi connectivity index (χ1v) is 11.6. The van der Waals surface area contributed by atoms with Crippen LogP contribution in [0.25, 0.3) is 10.8 Å². The van der Waals surface area contributed by atoms with E-state index in [9.17, 15) is 9.18 Å². The number of carbonyl (C=O) groups is 1. The minimum absolute atomic E-state index is 0.0878. The molecule has 2 fully saturated rings. The van der Waals surface area contributed by atoms with Gasteiger partial charge in [-0.3, -0.25) is 0 Å². The third-order valence-electron chi connectivity index (χ3n) is 6.89. The first-order chi connectivity index (χ1) is 15.7. The average Bonchev–Trinajstić information content (AvgIpc) is 3.32. The van der Waals surface area contributed by atoms with Crippen LogP contribution in [0.3, 0.4) is 0 Å². The molecular weight excluding hydrogens is 403 g/mol. The first-order valence-electron chi connectivity index (χ1n) is 11.6. The van der Waals surface area contributed by atoms with E-state index >= 15 is 0 Å². The SMILES string of the molecule is O=C(Oc1ccc2ccccc2c1)N1CCC(c2ccc(F)cc2)CC1CN1CCCC1. The van der Waals surface area contributed by atoms with Gasteiger partial charge < -0.3 is 14.5 Å². The lowest BCUT2D eigenvalue weighted by Crippen LogP contribution is -2.51. The van der Waals surface area contributed by atoms with E-state index in [0.29, 0.717) is 18.2 Å². The molecule has 32 heavy (non-hydrogen) atoms. The number of benzene rings is 3. The van der Waals surface area contributed by atoms with Gasteiger partial charge in [0.2, 0.25) is 0 Å². The van der Waals surface area contributed by atoms with Gasteiger partial charge in [0.05, 0.1) is 0 Å². The van der Waals surface area contributed by atoms with Gasteiger partial charge in [-0.05, 0) is 85.3 Å². The molecule has 166 valence electrons. The monoisotopic (exact) mass is 432 g/mol. The Balaban J connectivity index is 1.32. The number of hydrogen-bond donors (Lipinski definition) is 0. The maximum absolute atomic E-state index is 13.4. The summed E-state index contributed by atoms with van der Waals surface area (Å²) in [6, 6.07) is 20.8. The number of hydrogen-bond acceptors (Lipinski definition) is 3. The Bertz CT molecular complexity index is 1080. The van der Waals surface area contributed by atoms with E-state index in [-0.39, 0.29) is 18.0 Å². The second-order valence-corrected chi connectivity index (χ2v) is 9.00. The van der Waals surface area contributed by atoms with Crippen molar-refractivity contribution in [2.45, 2.75) is 37.6 Å². The van der Waals surface area contributed by atoms with Crippen molar-refractivity contribution < 1.29 is 13.9 Å². The van der Waals surface area contributed by atoms with Crippen LogP contribution in [0.2, 0.25) is 0 Å². The van der Waals surface area contributed by atoms with Gasteiger partial charge in [0.15, 0.2) is 0 Å². The van der Waals surface area contributed by atoms with E-state index in [2.05, 4.69) is 4.90 Å². The topological polar surface area (TPSA) is 32.8 Å². The van der Waals surface area contributed by atoms with Gasteiger partial charge in [-0.15, -0.1) is 0 Å². The molecule has 2 atom stereocenters. The molecule has 1 amide bonds. The quantitative estimate of drug-likeness (QED) is 0.521. The van der Waals surface area contributed by atoms with Crippen molar-refractivity contribution in [3.05, 3.63) is 78.1 Å². The second kappa shape index (κ2) is 9.29.